The minimum atomic E-state index is -0.803. The van der Waals surface area contributed by atoms with Crippen molar-refractivity contribution in [2.75, 3.05) is 0 Å². The highest BCUT2D eigenvalue weighted by Crippen LogP contribution is 2.25. The number of hydrogen-bond donors (Lipinski definition) is 1. The fourth-order valence-electron chi connectivity index (χ4n) is 4.66. The van der Waals surface area contributed by atoms with E-state index < -0.39 is 11.9 Å². The molecule has 7 heteroatoms. The van der Waals surface area contributed by atoms with E-state index in [1.807, 2.05) is 30.3 Å². The first kappa shape index (κ1) is 26.2. The average molecular weight is 527 g/mol. The lowest BCUT2D eigenvalue weighted by atomic mass is 10.0. The van der Waals surface area contributed by atoms with E-state index in [0.717, 1.165) is 31.2 Å². The van der Waals surface area contributed by atoms with Crippen LogP contribution in [0.1, 0.15) is 42.4 Å². The van der Waals surface area contributed by atoms with Gasteiger partial charge in [0.1, 0.15) is 11.9 Å². The van der Waals surface area contributed by atoms with Crippen molar-refractivity contribution in [1.82, 2.24) is 10.2 Å². The molecule has 1 saturated carbocycles. The lowest BCUT2D eigenvalue weighted by Crippen LogP contribution is -2.52. The maximum atomic E-state index is 14.7. The number of hydrogen-bond acceptors (Lipinski definition) is 2. The number of carbonyl (C=O) groups excluding carboxylic acids is 2. The maximum Gasteiger partial charge on any atom is 0.243 e. The number of halogens is 3. The summed E-state index contributed by atoms with van der Waals surface area (Å²) in [6.45, 7) is -0.0254. The highest BCUT2D eigenvalue weighted by molar-refractivity contribution is 6.42. The van der Waals surface area contributed by atoms with E-state index in [1.54, 1.807) is 36.4 Å². The standard InChI is InChI=1S/C29H29Cl2FN2O2/c30-24-15-14-21(16-25(24)31)18-28(35)34(19-22-10-4-7-13-26(22)32)27(17-20-8-2-1-3-9-20)29(36)33-23-11-5-6-12-23/h1-4,7-10,13-16,23,27H,5-6,11-12,17-19H2,(H,33,36)/t27-/m0/s1. The molecular formula is C29H29Cl2FN2O2. The van der Waals surface area contributed by atoms with Crippen LogP contribution in [0, 0.1) is 5.82 Å². The van der Waals surface area contributed by atoms with Gasteiger partial charge in [-0.2, -0.15) is 0 Å². The Balaban J connectivity index is 1.67. The van der Waals surface area contributed by atoms with Gasteiger partial charge >= 0.3 is 0 Å². The van der Waals surface area contributed by atoms with E-state index in [4.69, 9.17) is 23.2 Å². The van der Waals surface area contributed by atoms with Crippen molar-refractivity contribution in [1.29, 1.82) is 0 Å². The molecule has 2 amide bonds. The normalized spacial score (nSPS) is 14.4. The summed E-state index contributed by atoms with van der Waals surface area (Å²) in [6.07, 6.45) is 4.32. The van der Waals surface area contributed by atoms with Crippen LogP contribution in [0.4, 0.5) is 4.39 Å². The monoisotopic (exact) mass is 526 g/mol. The molecule has 0 aliphatic heterocycles. The van der Waals surface area contributed by atoms with Gasteiger partial charge in [-0.3, -0.25) is 9.59 Å². The summed E-state index contributed by atoms with van der Waals surface area (Å²) in [5.74, 6) is -0.928. The van der Waals surface area contributed by atoms with Gasteiger partial charge in [-0.25, -0.2) is 4.39 Å². The zero-order valence-corrected chi connectivity index (χ0v) is 21.4. The molecular weight excluding hydrogens is 498 g/mol. The molecule has 1 N–H and O–H groups in total. The predicted molar refractivity (Wildman–Crippen MR) is 141 cm³/mol. The van der Waals surface area contributed by atoms with Gasteiger partial charge in [-0.1, -0.05) is 90.6 Å². The summed E-state index contributed by atoms with van der Waals surface area (Å²) in [6, 6.07) is 20.2. The van der Waals surface area contributed by atoms with Crippen molar-refractivity contribution in [2.24, 2.45) is 0 Å². The Kier molecular flexibility index (Phi) is 9.00. The van der Waals surface area contributed by atoms with Crippen molar-refractivity contribution in [3.05, 3.63) is 105 Å². The molecule has 3 aromatic carbocycles. The molecule has 3 aromatic rings. The third-order valence-electron chi connectivity index (χ3n) is 6.61. The summed E-state index contributed by atoms with van der Waals surface area (Å²) in [7, 11) is 0. The third kappa shape index (κ3) is 6.86. The van der Waals surface area contributed by atoms with Crippen LogP contribution in [-0.2, 0) is 29.0 Å². The number of nitrogens with zero attached hydrogens (tertiary/aromatic N) is 1. The molecule has 36 heavy (non-hydrogen) atoms. The molecule has 1 fully saturated rings. The van der Waals surface area contributed by atoms with Gasteiger partial charge in [0.05, 0.1) is 16.5 Å². The molecule has 4 rings (SSSR count). The van der Waals surface area contributed by atoms with E-state index >= 15 is 0 Å². The number of amides is 2. The molecule has 0 radical (unpaired) electrons. The van der Waals surface area contributed by atoms with Crippen molar-refractivity contribution in [2.45, 2.75) is 57.2 Å². The number of carbonyl (C=O) groups is 2. The highest BCUT2D eigenvalue weighted by atomic mass is 35.5. The van der Waals surface area contributed by atoms with E-state index in [9.17, 15) is 14.0 Å². The SMILES string of the molecule is O=C(NC1CCCC1)[C@H](Cc1ccccc1)N(Cc1ccccc1F)C(=O)Cc1ccc(Cl)c(Cl)c1. The minimum absolute atomic E-state index is 0.00728. The molecule has 188 valence electrons. The largest absolute Gasteiger partial charge is 0.352 e. The van der Waals surface area contributed by atoms with Crippen molar-refractivity contribution < 1.29 is 14.0 Å². The van der Waals surface area contributed by atoms with Gasteiger partial charge in [0.15, 0.2) is 0 Å². The van der Waals surface area contributed by atoms with Crippen LogP contribution in [0.25, 0.3) is 0 Å². The molecule has 0 bridgehead atoms. The van der Waals surface area contributed by atoms with Gasteiger partial charge in [0.2, 0.25) is 11.8 Å². The summed E-state index contributed by atoms with van der Waals surface area (Å²) in [5.41, 5.74) is 1.94. The summed E-state index contributed by atoms with van der Waals surface area (Å²) in [4.78, 5) is 28.9. The Hall–Kier alpha value is -2.89. The van der Waals surface area contributed by atoms with Crippen LogP contribution >= 0.6 is 23.2 Å². The zero-order chi connectivity index (χ0) is 25.5. The van der Waals surface area contributed by atoms with Crippen LogP contribution in [0.15, 0.2) is 72.8 Å². The van der Waals surface area contributed by atoms with Gasteiger partial charge in [-0.15, -0.1) is 0 Å². The predicted octanol–water partition coefficient (Wildman–Crippen LogP) is 6.37. The minimum Gasteiger partial charge on any atom is -0.352 e. The third-order valence-corrected chi connectivity index (χ3v) is 7.35. The molecule has 1 atom stereocenters. The van der Waals surface area contributed by atoms with Gasteiger partial charge in [0, 0.05) is 24.6 Å². The molecule has 1 aliphatic carbocycles. The molecule has 0 saturated heterocycles. The summed E-state index contributed by atoms with van der Waals surface area (Å²) in [5, 5.41) is 3.90. The molecule has 0 unspecified atom stereocenters. The Morgan fingerprint density at radius 3 is 2.31 bits per heavy atom. The van der Waals surface area contributed by atoms with Crippen LogP contribution in [0.5, 0.6) is 0 Å². The van der Waals surface area contributed by atoms with Crippen LogP contribution in [0.2, 0.25) is 10.0 Å². The fraction of sp³-hybridized carbons (Fsp3) is 0.310. The van der Waals surface area contributed by atoms with Crippen molar-refractivity contribution in [3.8, 4) is 0 Å². The zero-order valence-electron chi connectivity index (χ0n) is 19.9. The second-order valence-corrected chi connectivity index (χ2v) is 10.0. The van der Waals surface area contributed by atoms with E-state index in [2.05, 4.69) is 5.32 Å². The van der Waals surface area contributed by atoms with Gasteiger partial charge < -0.3 is 10.2 Å². The van der Waals surface area contributed by atoms with E-state index in [1.165, 1.54) is 11.0 Å². The van der Waals surface area contributed by atoms with Crippen molar-refractivity contribution >= 4 is 35.0 Å². The average Bonchev–Trinajstić information content (AvgIpc) is 3.38. The summed E-state index contributed by atoms with van der Waals surface area (Å²) < 4.78 is 14.7. The van der Waals surface area contributed by atoms with E-state index in [-0.39, 0.29) is 30.8 Å². The molecule has 4 nitrogen and oxygen atoms in total. The first-order valence-electron chi connectivity index (χ1n) is 12.2. The first-order chi connectivity index (χ1) is 17.4. The van der Waals surface area contributed by atoms with Gasteiger partial charge in [0.25, 0.3) is 0 Å². The van der Waals surface area contributed by atoms with Crippen LogP contribution < -0.4 is 5.32 Å². The van der Waals surface area contributed by atoms with Crippen molar-refractivity contribution in [3.63, 3.8) is 0 Å². The quantitative estimate of drug-likeness (QED) is 0.352. The number of rotatable bonds is 9. The number of nitrogens with one attached hydrogen (secondary N) is 1. The van der Waals surface area contributed by atoms with Crippen LogP contribution in [0.3, 0.4) is 0 Å². The highest BCUT2D eigenvalue weighted by Gasteiger charge is 2.32. The molecule has 0 aromatic heterocycles. The Morgan fingerprint density at radius 1 is 0.917 bits per heavy atom. The molecule has 1 aliphatic rings. The molecule has 0 heterocycles. The Morgan fingerprint density at radius 2 is 1.61 bits per heavy atom. The second kappa shape index (κ2) is 12.4. The molecule has 0 spiro atoms. The van der Waals surface area contributed by atoms with E-state index in [0.29, 0.717) is 27.6 Å². The lowest BCUT2D eigenvalue weighted by Gasteiger charge is -2.32. The Labute approximate surface area is 221 Å². The number of benzene rings is 3. The lowest BCUT2D eigenvalue weighted by molar-refractivity contribution is -0.141. The summed E-state index contributed by atoms with van der Waals surface area (Å²) >= 11 is 12.2. The smallest absolute Gasteiger partial charge is 0.243 e. The Bertz CT molecular complexity index is 1200. The maximum absolute atomic E-state index is 14.7. The topological polar surface area (TPSA) is 49.4 Å². The van der Waals surface area contributed by atoms with Gasteiger partial charge in [-0.05, 0) is 42.2 Å². The first-order valence-corrected chi connectivity index (χ1v) is 13.0. The van der Waals surface area contributed by atoms with Crippen LogP contribution in [-0.4, -0.2) is 28.8 Å². The second-order valence-electron chi connectivity index (χ2n) is 9.23. The fourth-order valence-corrected chi connectivity index (χ4v) is 4.98.